The Balaban J connectivity index is 1.78. The second kappa shape index (κ2) is 3.15. The van der Waals surface area contributed by atoms with E-state index in [-0.39, 0.29) is 5.38 Å². The van der Waals surface area contributed by atoms with E-state index in [9.17, 15) is 0 Å². The normalized spacial score (nSPS) is 36.9. The SMILES string of the molecule is CC(Cl)c1nnc(C2C3COCC32)s1. The third-order valence-electron chi connectivity index (χ3n) is 3.03. The summed E-state index contributed by atoms with van der Waals surface area (Å²) in [7, 11) is 0. The summed E-state index contributed by atoms with van der Waals surface area (Å²) >= 11 is 7.60. The fourth-order valence-corrected chi connectivity index (χ4v) is 3.35. The van der Waals surface area contributed by atoms with Crippen molar-refractivity contribution in [2.45, 2.75) is 18.2 Å². The molecule has 3 unspecified atom stereocenters. The minimum atomic E-state index is -0.0175. The van der Waals surface area contributed by atoms with Crippen LogP contribution in [0.5, 0.6) is 0 Å². The van der Waals surface area contributed by atoms with Crippen LogP contribution in [0.1, 0.15) is 28.2 Å². The first kappa shape index (κ1) is 9.07. The molecule has 2 aliphatic rings. The van der Waals surface area contributed by atoms with Crippen molar-refractivity contribution >= 4 is 22.9 Å². The van der Waals surface area contributed by atoms with E-state index >= 15 is 0 Å². The largest absolute Gasteiger partial charge is 0.381 e. The maximum Gasteiger partial charge on any atom is 0.135 e. The molecule has 0 bridgehead atoms. The molecule has 0 radical (unpaired) electrons. The highest BCUT2D eigenvalue weighted by Gasteiger charge is 2.56. The summed E-state index contributed by atoms with van der Waals surface area (Å²) < 4.78 is 5.34. The van der Waals surface area contributed by atoms with E-state index in [2.05, 4.69) is 10.2 Å². The van der Waals surface area contributed by atoms with Crippen LogP contribution >= 0.6 is 22.9 Å². The van der Waals surface area contributed by atoms with E-state index in [1.807, 2.05) is 6.92 Å². The lowest BCUT2D eigenvalue weighted by Crippen LogP contribution is -1.96. The molecule has 1 aromatic rings. The Kier molecular flexibility index (Phi) is 2.04. The first-order valence-electron chi connectivity index (χ1n) is 4.82. The highest BCUT2D eigenvalue weighted by atomic mass is 35.5. The van der Waals surface area contributed by atoms with Gasteiger partial charge in [0.15, 0.2) is 0 Å². The Morgan fingerprint density at radius 1 is 1.43 bits per heavy atom. The van der Waals surface area contributed by atoms with Crippen LogP contribution in [0.3, 0.4) is 0 Å². The van der Waals surface area contributed by atoms with Gasteiger partial charge in [0.2, 0.25) is 0 Å². The van der Waals surface area contributed by atoms with Gasteiger partial charge in [-0.25, -0.2) is 0 Å². The van der Waals surface area contributed by atoms with Crippen molar-refractivity contribution in [2.75, 3.05) is 13.2 Å². The molecule has 14 heavy (non-hydrogen) atoms. The molecule has 1 saturated carbocycles. The molecule has 76 valence electrons. The average Bonchev–Trinajstić information content (AvgIpc) is 2.63. The van der Waals surface area contributed by atoms with Gasteiger partial charge in [0.1, 0.15) is 10.0 Å². The fraction of sp³-hybridized carbons (Fsp3) is 0.778. The molecular weight excluding hydrogens is 220 g/mol. The topological polar surface area (TPSA) is 35.0 Å². The number of rotatable bonds is 2. The first-order valence-corrected chi connectivity index (χ1v) is 6.08. The second-order valence-electron chi connectivity index (χ2n) is 3.99. The maximum absolute atomic E-state index is 5.95. The van der Waals surface area contributed by atoms with Crippen LogP contribution in [-0.4, -0.2) is 23.4 Å². The van der Waals surface area contributed by atoms with Gasteiger partial charge in [-0.05, 0) is 18.8 Å². The molecule has 0 N–H and O–H groups in total. The number of hydrogen-bond acceptors (Lipinski definition) is 4. The second-order valence-corrected chi connectivity index (χ2v) is 5.68. The van der Waals surface area contributed by atoms with Gasteiger partial charge in [-0.3, -0.25) is 0 Å². The van der Waals surface area contributed by atoms with Gasteiger partial charge in [0, 0.05) is 5.92 Å². The molecular formula is C9H11ClN2OS. The molecule has 0 spiro atoms. The number of fused-ring (bicyclic) bond motifs is 1. The number of halogens is 1. The Labute approximate surface area is 91.4 Å². The summed E-state index contributed by atoms with van der Waals surface area (Å²) in [5.41, 5.74) is 0. The standard InChI is InChI=1S/C9H11ClN2OS/c1-4(10)8-11-12-9(14-8)7-5-2-13-3-6(5)7/h4-7H,2-3H2,1H3. The van der Waals surface area contributed by atoms with Crippen LogP contribution in [0.25, 0.3) is 0 Å². The summed E-state index contributed by atoms with van der Waals surface area (Å²) in [6.45, 7) is 3.74. The lowest BCUT2D eigenvalue weighted by molar-refractivity contribution is 0.160. The van der Waals surface area contributed by atoms with Crippen molar-refractivity contribution in [1.29, 1.82) is 0 Å². The molecule has 0 aromatic carbocycles. The van der Waals surface area contributed by atoms with Gasteiger partial charge in [0.25, 0.3) is 0 Å². The van der Waals surface area contributed by atoms with Crippen molar-refractivity contribution < 1.29 is 4.74 Å². The van der Waals surface area contributed by atoms with Crippen LogP contribution < -0.4 is 0 Å². The zero-order valence-corrected chi connectivity index (χ0v) is 9.38. The zero-order chi connectivity index (χ0) is 9.71. The maximum atomic E-state index is 5.95. The Morgan fingerprint density at radius 3 is 2.71 bits per heavy atom. The lowest BCUT2D eigenvalue weighted by Gasteiger charge is -1.98. The molecule has 3 nitrogen and oxygen atoms in total. The third-order valence-corrected chi connectivity index (χ3v) is 4.58. The van der Waals surface area contributed by atoms with Crippen molar-refractivity contribution in [3.05, 3.63) is 10.0 Å². The number of aromatic nitrogens is 2. The number of nitrogens with zero attached hydrogens (tertiary/aromatic N) is 2. The monoisotopic (exact) mass is 230 g/mol. The predicted octanol–water partition coefficient (Wildman–Crippen LogP) is 2.20. The van der Waals surface area contributed by atoms with E-state index in [1.54, 1.807) is 11.3 Å². The first-order chi connectivity index (χ1) is 6.77. The quantitative estimate of drug-likeness (QED) is 0.731. The summed E-state index contributed by atoms with van der Waals surface area (Å²) in [6.07, 6.45) is 0. The Bertz CT molecular complexity index is 344. The number of ether oxygens (including phenoxy) is 1. The van der Waals surface area contributed by atoms with E-state index in [0.29, 0.717) is 17.8 Å². The summed E-state index contributed by atoms with van der Waals surface area (Å²) in [4.78, 5) is 0. The van der Waals surface area contributed by atoms with Gasteiger partial charge in [-0.1, -0.05) is 11.3 Å². The fourth-order valence-electron chi connectivity index (χ4n) is 2.15. The third kappa shape index (κ3) is 1.28. The van der Waals surface area contributed by atoms with Gasteiger partial charge >= 0.3 is 0 Å². The summed E-state index contributed by atoms with van der Waals surface area (Å²) in [5, 5.41) is 10.4. The molecule has 1 saturated heterocycles. The highest BCUT2D eigenvalue weighted by Crippen LogP contribution is 2.58. The minimum Gasteiger partial charge on any atom is -0.381 e. The van der Waals surface area contributed by atoms with Gasteiger partial charge in [-0.15, -0.1) is 21.8 Å². The molecule has 0 amide bonds. The van der Waals surface area contributed by atoms with Gasteiger partial charge < -0.3 is 4.74 Å². The molecule has 1 aliphatic heterocycles. The average molecular weight is 231 g/mol. The van der Waals surface area contributed by atoms with Crippen LogP contribution in [0.15, 0.2) is 0 Å². The molecule has 1 aliphatic carbocycles. The van der Waals surface area contributed by atoms with E-state index in [0.717, 1.165) is 23.2 Å². The predicted molar refractivity (Wildman–Crippen MR) is 54.7 cm³/mol. The number of hydrogen-bond donors (Lipinski definition) is 0. The van der Waals surface area contributed by atoms with Crippen molar-refractivity contribution in [3.63, 3.8) is 0 Å². The Morgan fingerprint density at radius 2 is 2.14 bits per heavy atom. The van der Waals surface area contributed by atoms with Crippen molar-refractivity contribution in [3.8, 4) is 0 Å². The molecule has 5 heteroatoms. The van der Waals surface area contributed by atoms with Crippen LogP contribution in [0.2, 0.25) is 0 Å². The summed E-state index contributed by atoms with van der Waals surface area (Å²) in [5.74, 6) is 2.04. The van der Waals surface area contributed by atoms with Gasteiger partial charge in [-0.2, -0.15) is 0 Å². The molecule has 1 aromatic heterocycles. The highest BCUT2D eigenvalue weighted by molar-refractivity contribution is 7.11. The molecule has 3 atom stereocenters. The lowest BCUT2D eigenvalue weighted by atomic mass is 10.3. The van der Waals surface area contributed by atoms with Crippen molar-refractivity contribution in [1.82, 2.24) is 10.2 Å². The Hall–Kier alpha value is -0.190. The minimum absolute atomic E-state index is 0.0175. The molecule has 3 rings (SSSR count). The number of alkyl halides is 1. The van der Waals surface area contributed by atoms with Crippen molar-refractivity contribution in [2.24, 2.45) is 11.8 Å². The van der Waals surface area contributed by atoms with Gasteiger partial charge in [0.05, 0.1) is 18.6 Å². The van der Waals surface area contributed by atoms with E-state index < -0.39 is 0 Å². The smallest absolute Gasteiger partial charge is 0.135 e. The summed E-state index contributed by atoms with van der Waals surface area (Å²) in [6, 6.07) is 0. The zero-order valence-electron chi connectivity index (χ0n) is 7.81. The molecule has 2 fully saturated rings. The van der Waals surface area contributed by atoms with Crippen LogP contribution in [0.4, 0.5) is 0 Å². The van der Waals surface area contributed by atoms with E-state index in [1.165, 1.54) is 0 Å². The van der Waals surface area contributed by atoms with Crippen LogP contribution in [0, 0.1) is 11.8 Å². The van der Waals surface area contributed by atoms with Crippen LogP contribution in [-0.2, 0) is 4.74 Å². The van der Waals surface area contributed by atoms with E-state index in [4.69, 9.17) is 16.3 Å². The molecule has 2 heterocycles.